The number of nitrogens with one attached hydrogen (secondary N) is 1. The van der Waals surface area contributed by atoms with Gasteiger partial charge >= 0.3 is 12.0 Å². The Labute approximate surface area is 136 Å². The van der Waals surface area contributed by atoms with Crippen molar-refractivity contribution in [2.75, 3.05) is 18.4 Å². The molecule has 0 aliphatic carbocycles. The first kappa shape index (κ1) is 16.1. The number of anilines is 1. The largest absolute Gasteiger partial charge is 0.481 e. The molecule has 1 fully saturated rings. The van der Waals surface area contributed by atoms with Crippen LogP contribution in [0.15, 0.2) is 22.7 Å². The van der Waals surface area contributed by atoms with Crippen LogP contribution in [0.4, 0.5) is 10.5 Å². The summed E-state index contributed by atoms with van der Waals surface area (Å²) in [6.45, 7) is 2.75. The minimum absolute atomic E-state index is 0.169. The third kappa shape index (κ3) is 4.11. The Morgan fingerprint density at radius 3 is 2.76 bits per heavy atom. The number of amides is 2. The molecule has 2 rings (SSSR count). The van der Waals surface area contributed by atoms with Gasteiger partial charge in [0.1, 0.15) is 0 Å². The second-order valence-electron chi connectivity index (χ2n) is 5.34. The van der Waals surface area contributed by atoms with Gasteiger partial charge in [-0.3, -0.25) is 4.79 Å². The van der Waals surface area contributed by atoms with Crippen molar-refractivity contribution >= 4 is 45.2 Å². The van der Waals surface area contributed by atoms with Crippen molar-refractivity contribution in [2.24, 2.45) is 11.8 Å². The zero-order valence-electron chi connectivity index (χ0n) is 11.5. The second kappa shape index (κ2) is 6.66. The first-order chi connectivity index (χ1) is 9.86. The number of urea groups is 1. The molecule has 0 bridgehead atoms. The smallest absolute Gasteiger partial charge is 0.321 e. The Morgan fingerprint density at radius 1 is 1.43 bits per heavy atom. The highest BCUT2D eigenvalue weighted by molar-refractivity contribution is 9.10. The number of carboxylic acid groups (broad SMARTS) is 1. The molecule has 7 heteroatoms. The average molecular weight is 376 g/mol. The van der Waals surface area contributed by atoms with Crippen LogP contribution in [0.1, 0.15) is 13.3 Å². The number of hydrogen-bond acceptors (Lipinski definition) is 2. The van der Waals surface area contributed by atoms with Gasteiger partial charge in [0.2, 0.25) is 0 Å². The molecule has 0 radical (unpaired) electrons. The molecule has 21 heavy (non-hydrogen) atoms. The first-order valence-corrected chi connectivity index (χ1v) is 7.77. The number of rotatable bonds is 2. The summed E-state index contributed by atoms with van der Waals surface area (Å²) in [6, 6.07) is 4.80. The monoisotopic (exact) mass is 374 g/mol. The minimum atomic E-state index is -0.853. The highest BCUT2D eigenvalue weighted by atomic mass is 79.9. The van der Waals surface area contributed by atoms with E-state index in [1.54, 1.807) is 23.1 Å². The van der Waals surface area contributed by atoms with Crippen molar-refractivity contribution in [1.82, 2.24) is 4.90 Å². The lowest BCUT2D eigenvalue weighted by Gasteiger charge is -2.34. The Kier molecular flexibility index (Phi) is 5.11. The Balaban J connectivity index is 2.05. The second-order valence-corrected chi connectivity index (χ2v) is 6.60. The van der Waals surface area contributed by atoms with Crippen molar-refractivity contribution in [3.05, 3.63) is 27.7 Å². The molecule has 1 aromatic rings. The van der Waals surface area contributed by atoms with Gasteiger partial charge in [-0.15, -0.1) is 0 Å². The molecule has 5 nitrogen and oxygen atoms in total. The molecule has 1 aliphatic heterocycles. The van der Waals surface area contributed by atoms with Gasteiger partial charge in [-0.25, -0.2) is 4.79 Å². The van der Waals surface area contributed by atoms with Crippen LogP contribution < -0.4 is 5.32 Å². The topological polar surface area (TPSA) is 69.6 Å². The molecule has 2 amide bonds. The molecule has 1 saturated heterocycles. The van der Waals surface area contributed by atoms with Crippen LogP contribution in [0.3, 0.4) is 0 Å². The van der Waals surface area contributed by atoms with Gasteiger partial charge in [-0.05, 0) is 46.5 Å². The number of piperidine rings is 1. The van der Waals surface area contributed by atoms with Gasteiger partial charge in [-0.2, -0.15) is 0 Å². The molecule has 114 valence electrons. The molecular formula is C14H16BrClN2O3. The number of benzene rings is 1. The summed E-state index contributed by atoms with van der Waals surface area (Å²) in [7, 11) is 0. The lowest BCUT2D eigenvalue weighted by molar-refractivity contribution is -0.143. The summed E-state index contributed by atoms with van der Waals surface area (Å²) in [6.07, 6.45) is 0.603. The van der Waals surface area contributed by atoms with E-state index in [0.29, 0.717) is 28.1 Å². The summed E-state index contributed by atoms with van der Waals surface area (Å²) in [5.74, 6) is -1.19. The average Bonchev–Trinajstić information content (AvgIpc) is 2.42. The molecular weight excluding hydrogens is 360 g/mol. The van der Waals surface area contributed by atoms with Crippen LogP contribution in [0.5, 0.6) is 0 Å². The van der Waals surface area contributed by atoms with E-state index >= 15 is 0 Å². The number of carboxylic acids is 1. The number of hydrogen-bond donors (Lipinski definition) is 2. The van der Waals surface area contributed by atoms with Gasteiger partial charge in [0.15, 0.2) is 0 Å². The minimum Gasteiger partial charge on any atom is -0.481 e. The fraction of sp³-hybridized carbons (Fsp3) is 0.429. The molecule has 2 atom stereocenters. The molecule has 0 aromatic heterocycles. The SMILES string of the molecule is CC1CC(C(=O)O)CN(C(=O)Nc2ccc(Cl)c(Br)c2)C1. The van der Waals surface area contributed by atoms with Crippen LogP contribution in [0, 0.1) is 11.8 Å². The maximum atomic E-state index is 12.3. The third-order valence-corrected chi connectivity index (χ3v) is 4.68. The molecule has 0 spiro atoms. The molecule has 2 unspecified atom stereocenters. The van der Waals surface area contributed by atoms with E-state index in [9.17, 15) is 9.59 Å². The highest BCUT2D eigenvalue weighted by Crippen LogP contribution is 2.26. The summed E-state index contributed by atoms with van der Waals surface area (Å²) < 4.78 is 0.692. The zero-order valence-corrected chi connectivity index (χ0v) is 13.8. The van der Waals surface area contributed by atoms with Crippen molar-refractivity contribution < 1.29 is 14.7 Å². The van der Waals surface area contributed by atoms with E-state index in [0.717, 1.165) is 0 Å². The zero-order chi connectivity index (χ0) is 15.6. The van der Waals surface area contributed by atoms with Crippen molar-refractivity contribution in [2.45, 2.75) is 13.3 Å². The normalized spacial score (nSPS) is 22.0. The number of halogens is 2. The van der Waals surface area contributed by atoms with Crippen molar-refractivity contribution in [3.63, 3.8) is 0 Å². The van der Waals surface area contributed by atoms with Crippen LogP contribution in [-0.2, 0) is 4.79 Å². The Morgan fingerprint density at radius 2 is 2.14 bits per heavy atom. The van der Waals surface area contributed by atoms with Crippen molar-refractivity contribution in [3.8, 4) is 0 Å². The van der Waals surface area contributed by atoms with Gasteiger partial charge < -0.3 is 15.3 Å². The Bertz CT molecular complexity index is 567. The quantitative estimate of drug-likeness (QED) is 0.828. The highest BCUT2D eigenvalue weighted by Gasteiger charge is 2.31. The maximum Gasteiger partial charge on any atom is 0.321 e. The Hall–Kier alpha value is -1.27. The fourth-order valence-electron chi connectivity index (χ4n) is 2.47. The predicted molar refractivity (Wildman–Crippen MR) is 84.7 cm³/mol. The summed E-state index contributed by atoms with van der Waals surface area (Å²) >= 11 is 9.20. The first-order valence-electron chi connectivity index (χ1n) is 6.60. The number of nitrogens with zero attached hydrogens (tertiary/aromatic N) is 1. The van der Waals surface area contributed by atoms with Crippen LogP contribution in [0.25, 0.3) is 0 Å². The van der Waals surface area contributed by atoms with E-state index in [-0.39, 0.29) is 18.5 Å². The maximum absolute atomic E-state index is 12.3. The summed E-state index contributed by atoms with van der Waals surface area (Å²) in [5, 5.41) is 12.5. The van der Waals surface area contributed by atoms with Crippen LogP contribution in [0.2, 0.25) is 5.02 Å². The van der Waals surface area contributed by atoms with Crippen LogP contribution >= 0.6 is 27.5 Å². The van der Waals surface area contributed by atoms with E-state index in [2.05, 4.69) is 21.2 Å². The molecule has 1 heterocycles. The lowest BCUT2D eigenvalue weighted by atomic mass is 9.91. The van der Waals surface area contributed by atoms with Gasteiger partial charge in [0, 0.05) is 23.2 Å². The summed E-state index contributed by atoms with van der Waals surface area (Å²) in [5.41, 5.74) is 0.612. The number of carbonyl (C=O) groups excluding carboxylic acids is 1. The number of aliphatic carboxylic acids is 1. The molecule has 2 N–H and O–H groups in total. The van der Waals surface area contributed by atoms with E-state index in [1.807, 2.05) is 6.92 Å². The number of carbonyl (C=O) groups is 2. The predicted octanol–water partition coefficient (Wildman–Crippen LogP) is 3.68. The molecule has 1 aliphatic rings. The van der Waals surface area contributed by atoms with E-state index in [1.165, 1.54) is 0 Å². The molecule has 1 aromatic carbocycles. The lowest BCUT2D eigenvalue weighted by Crippen LogP contribution is -2.47. The third-order valence-electron chi connectivity index (χ3n) is 3.47. The van der Waals surface area contributed by atoms with Gasteiger partial charge in [-0.1, -0.05) is 18.5 Å². The van der Waals surface area contributed by atoms with E-state index in [4.69, 9.17) is 16.7 Å². The number of likely N-dealkylation sites (tertiary alicyclic amines) is 1. The fourth-order valence-corrected chi connectivity index (χ4v) is 2.97. The van der Waals surface area contributed by atoms with E-state index < -0.39 is 11.9 Å². The van der Waals surface area contributed by atoms with Crippen molar-refractivity contribution in [1.29, 1.82) is 0 Å². The van der Waals surface area contributed by atoms with Gasteiger partial charge in [0.05, 0.1) is 10.9 Å². The van der Waals surface area contributed by atoms with Crippen LogP contribution in [-0.4, -0.2) is 35.1 Å². The summed E-state index contributed by atoms with van der Waals surface area (Å²) in [4.78, 5) is 24.9. The standard InChI is InChI=1S/C14H16BrClN2O3/c1-8-4-9(13(19)20)7-18(6-8)14(21)17-10-2-3-12(16)11(15)5-10/h2-3,5,8-9H,4,6-7H2,1H3,(H,17,21)(H,19,20). The molecule has 0 saturated carbocycles. The van der Waals surface area contributed by atoms with Gasteiger partial charge in [0.25, 0.3) is 0 Å².